The van der Waals surface area contributed by atoms with Crippen molar-refractivity contribution in [2.75, 3.05) is 0 Å². The van der Waals surface area contributed by atoms with Crippen molar-refractivity contribution in [3.05, 3.63) is 39.8 Å². The summed E-state index contributed by atoms with van der Waals surface area (Å²) in [5.74, 6) is -1.07. The van der Waals surface area contributed by atoms with E-state index in [0.29, 0.717) is 11.0 Å². The van der Waals surface area contributed by atoms with Crippen LogP contribution in [0.3, 0.4) is 0 Å². The number of hydrogen-bond acceptors (Lipinski definition) is 6. The van der Waals surface area contributed by atoms with Gasteiger partial charge in [0.25, 0.3) is 5.56 Å². The number of alkyl halides is 3. The first-order chi connectivity index (χ1) is 11.2. The summed E-state index contributed by atoms with van der Waals surface area (Å²) in [6, 6.07) is 1.46. The van der Waals surface area contributed by atoms with E-state index in [1.807, 2.05) is 0 Å². The monoisotopic (exact) mass is 356 g/mol. The molecule has 11 heteroatoms. The normalized spacial score (nSPS) is 12.0. The molecule has 7 nitrogen and oxygen atoms in total. The number of hydrogen-bond donors (Lipinski definition) is 1. The van der Waals surface area contributed by atoms with E-state index in [4.69, 9.17) is 0 Å². The van der Waals surface area contributed by atoms with Crippen molar-refractivity contribution in [2.24, 2.45) is 7.05 Å². The number of aromatic nitrogens is 6. The van der Waals surface area contributed by atoms with Crippen molar-refractivity contribution in [2.45, 2.75) is 24.0 Å². The predicted molar refractivity (Wildman–Crippen MR) is 80.5 cm³/mol. The van der Waals surface area contributed by atoms with Gasteiger partial charge in [-0.1, -0.05) is 11.8 Å². The summed E-state index contributed by atoms with van der Waals surface area (Å²) < 4.78 is 39.7. The van der Waals surface area contributed by atoms with Gasteiger partial charge < -0.3 is 4.98 Å². The number of aromatic amines is 1. The SMILES string of the molecule is Cc1cc(CSc2nc3c(cnn3C)c(=O)[nH]2)nc(C(F)(F)F)n1. The average molecular weight is 356 g/mol. The fourth-order valence-electron chi connectivity index (χ4n) is 2.06. The number of aryl methyl sites for hydroxylation is 2. The van der Waals surface area contributed by atoms with E-state index < -0.39 is 12.0 Å². The van der Waals surface area contributed by atoms with E-state index in [0.717, 1.165) is 11.8 Å². The Morgan fingerprint density at radius 1 is 1.29 bits per heavy atom. The third-order valence-electron chi connectivity index (χ3n) is 3.10. The van der Waals surface area contributed by atoms with E-state index in [1.165, 1.54) is 23.9 Å². The molecule has 0 spiro atoms. The molecule has 0 radical (unpaired) electrons. The molecule has 126 valence electrons. The van der Waals surface area contributed by atoms with Gasteiger partial charge in [0.15, 0.2) is 10.8 Å². The summed E-state index contributed by atoms with van der Waals surface area (Å²) >= 11 is 1.08. The third-order valence-corrected chi connectivity index (χ3v) is 4.00. The Bertz CT molecular complexity index is 964. The lowest BCUT2D eigenvalue weighted by Gasteiger charge is -2.08. The number of H-pyrrole nitrogens is 1. The molecular weight excluding hydrogens is 345 g/mol. The van der Waals surface area contributed by atoms with Crippen molar-refractivity contribution in [3.8, 4) is 0 Å². The Balaban J connectivity index is 1.87. The van der Waals surface area contributed by atoms with E-state index in [2.05, 4.69) is 25.0 Å². The lowest BCUT2D eigenvalue weighted by molar-refractivity contribution is -0.145. The Kier molecular flexibility index (Phi) is 4.03. The molecule has 0 fully saturated rings. The highest BCUT2D eigenvalue weighted by molar-refractivity contribution is 7.98. The minimum atomic E-state index is -4.61. The molecule has 0 saturated carbocycles. The molecule has 0 aromatic carbocycles. The summed E-state index contributed by atoms with van der Waals surface area (Å²) in [6.45, 7) is 1.47. The Morgan fingerprint density at radius 2 is 2.04 bits per heavy atom. The quantitative estimate of drug-likeness (QED) is 0.571. The number of halogens is 3. The topological polar surface area (TPSA) is 89.4 Å². The van der Waals surface area contributed by atoms with Gasteiger partial charge in [-0.15, -0.1) is 0 Å². The molecule has 3 rings (SSSR count). The van der Waals surface area contributed by atoms with E-state index in [9.17, 15) is 18.0 Å². The number of nitrogens with one attached hydrogen (secondary N) is 1. The first-order valence-corrected chi connectivity index (χ1v) is 7.69. The minimum Gasteiger partial charge on any atom is -0.301 e. The molecule has 0 atom stereocenters. The summed E-state index contributed by atoms with van der Waals surface area (Å²) in [5, 5.41) is 4.57. The van der Waals surface area contributed by atoms with Crippen LogP contribution in [-0.4, -0.2) is 29.7 Å². The Hall–Kier alpha value is -2.43. The number of thioether (sulfide) groups is 1. The summed E-state index contributed by atoms with van der Waals surface area (Å²) in [7, 11) is 1.65. The Morgan fingerprint density at radius 3 is 2.75 bits per heavy atom. The molecule has 24 heavy (non-hydrogen) atoms. The number of rotatable bonds is 3. The zero-order chi connectivity index (χ0) is 17.5. The fourth-order valence-corrected chi connectivity index (χ4v) is 2.81. The van der Waals surface area contributed by atoms with Crippen molar-refractivity contribution < 1.29 is 13.2 Å². The molecule has 1 N–H and O–H groups in total. The van der Waals surface area contributed by atoms with E-state index in [1.54, 1.807) is 7.05 Å². The lowest BCUT2D eigenvalue weighted by Crippen LogP contribution is -2.13. The molecule has 0 aliphatic heterocycles. The second-order valence-electron chi connectivity index (χ2n) is 4.99. The van der Waals surface area contributed by atoms with Crippen molar-refractivity contribution in [1.29, 1.82) is 0 Å². The first kappa shape index (κ1) is 16.4. The minimum absolute atomic E-state index is 0.110. The molecule has 0 aliphatic rings. The van der Waals surface area contributed by atoms with E-state index in [-0.39, 0.29) is 27.9 Å². The van der Waals surface area contributed by atoms with Crippen LogP contribution < -0.4 is 5.56 Å². The molecule has 3 aromatic rings. The number of fused-ring (bicyclic) bond motifs is 1. The maximum atomic E-state index is 12.7. The molecule has 0 unspecified atom stereocenters. The fraction of sp³-hybridized carbons (Fsp3) is 0.308. The van der Waals surface area contributed by atoms with Gasteiger partial charge in [0, 0.05) is 18.5 Å². The van der Waals surface area contributed by atoms with Gasteiger partial charge >= 0.3 is 6.18 Å². The molecule has 0 amide bonds. The maximum absolute atomic E-state index is 12.7. The van der Waals surface area contributed by atoms with Crippen LogP contribution in [0, 0.1) is 6.92 Å². The van der Waals surface area contributed by atoms with Gasteiger partial charge in [-0.05, 0) is 13.0 Å². The van der Waals surface area contributed by atoms with Gasteiger partial charge in [0.05, 0.1) is 11.9 Å². The smallest absolute Gasteiger partial charge is 0.301 e. The lowest BCUT2D eigenvalue weighted by atomic mass is 10.3. The second kappa shape index (κ2) is 5.89. The molecule has 0 aliphatic carbocycles. The van der Waals surface area contributed by atoms with Crippen LogP contribution in [0.25, 0.3) is 11.0 Å². The van der Waals surface area contributed by atoms with Crippen LogP contribution >= 0.6 is 11.8 Å². The highest BCUT2D eigenvalue weighted by atomic mass is 32.2. The highest BCUT2D eigenvalue weighted by Crippen LogP contribution is 2.27. The van der Waals surface area contributed by atoms with Crippen LogP contribution in [0.5, 0.6) is 0 Å². The van der Waals surface area contributed by atoms with Crippen molar-refractivity contribution in [1.82, 2.24) is 29.7 Å². The number of nitrogens with zero attached hydrogens (tertiary/aromatic N) is 5. The van der Waals surface area contributed by atoms with Crippen LogP contribution in [0.15, 0.2) is 22.2 Å². The van der Waals surface area contributed by atoms with Crippen LogP contribution in [0.1, 0.15) is 17.2 Å². The largest absolute Gasteiger partial charge is 0.451 e. The second-order valence-corrected chi connectivity index (χ2v) is 5.95. The van der Waals surface area contributed by atoms with Crippen LogP contribution in [0.4, 0.5) is 13.2 Å². The van der Waals surface area contributed by atoms with Crippen LogP contribution in [0.2, 0.25) is 0 Å². The Labute approximate surface area is 137 Å². The van der Waals surface area contributed by atoms with Gasteiger partial charge in [-0.25, -0.2) is 15.0 Å². The van der Waals surface area contributed by atoms with E-state index >= 15 is 0 Å². The maximum Gasteiger partial charge on any atom is 0.451 e. The van der Waals surface area contributed by atoms with Crippen LogP contribution in [-0.2, 0) is 19.0 Å². The highest BCUT2D eigenvalue weighted by Gasteiger charge is 2.35. The molecule has 0 bridgehead atoms. The predicted octanol–water partition coefficient (Wildman–Crippen LogP) is 2.07. The molecular formula is C13H11F3N6OS. The van der Waals surface area contributed by atoms with Crippen molar-refractivity contribution >= 4 is 22.8 Å². The summed E-state index contributed by atoms with van der Waals surface area (Å²) in [6.07, 6.45) is -3.20. The molecule has 3 aromatic heterocycles. The van der Waals surface area contributed by atoms with Crippen molar-refractivity contribution in [3.63, 3.8) is 0 Å². The van der Waals surface area contributed by atoms with Gasteiger partial charge in [-0.2, -0.15) is 18.3 Å². The first-order valence-electron chi connectivity index (χ1n) is 6.70. The summed E-state index contributed by atoms with van der Waals surface area (Å²) in [5.41, 5.74) is 0.464. The van der Waals surface area contributed by atoms with Gasteiger partial charge in [0.1, 0.15) is 5.39 Å². The van der Waals surface area contributed by atoms with Gasteiger partial charge in [0.2, 0.25) is 5.82 Å². The molecule has 0 saturated heterocycles. The average Bonchev–Trinajstić information content (AvgIpc) is 2.86. The standard InChI is InChI=1S/C13H11F3N6OS/c1-6-3-7(19-11(18-6)13(14,15)16)5-24-12-20-9-8(10(23)21-12)4-17-22(9)2/h3-4H,5H2,1-2H3,(H,20,21,23). The summed E-state index contributed by atoms with van der Waals surface area (Å²) in [4.78, 5) is 25.7. The molecule has 3 heterocycles. The zero-order valence-electron chi connectivity index (χ0n) is 12.5. The third kappa shape index (κ3) is 3.25. The zero-order valence-corrected chi connectivity index (χ0v) is 13.4. The van der Waals surface area contributed by atoms with Gasteiger partial charge in [-0.3, -0.25) is 9.48 Å².